The zero-order valence-electron chi connectivity index (χ0n) is 5.36. The zero-order valence-corrected chi connectivity index (χ0v) is 5.36. The Kier molecular flexibility index (Phi) is 1.79. The van der Waals surface area contributed by atoms with Crippen molar-refractivity contribution in [1.82, 2.24) is 15.0 Å². The fourth-order valence-corrected chi connectivity index (χ4v) is 0.625. The van der Waals surface area contributed by atoms with Crippen LogP contribution in [0, 0.1) is 0 Å². The smallest absolute Gasteiger partial charge is 0.0692 e. The third-order valence-electron chi connectivity index (χ3n) is 0.947. The summed E-state index contributed by atoms with van der Waals surface area (Å²) in [5.74, 6) is 0. The van der Waals surface area contributed by atoms with Crippen molar-refractivity contribution >= 4 is 0 Å². The molecule has 4 nitrogen and oxygen atoms in total. The van der Waals surface area contributed by atoms with Gasteiger partial charge >= 0.3 is 0 Å². The van der Waals surface area contributed by atoms with Gasteiger partial charge in [-0.25, -0.2) is 0 Å². The Bertz CT molecular complexity index is 155. The third kappa shape index (κ3) is 1.81. The van der Waals surface area contributed by atoms with Crippen molar-refractivity contribution in [3.8, 4) is 0 Å². The molecule has 0 saturated heterocycles. The van der Waals surface area contributed by atoms with Gasteiger partial charge in [-0.2, -0.15) is 0 Å². The van der Waals surface area contributed by atoms with Crippen LogP contribution in [0.5, 0.6) is 0 Å². The van der Waals surface area contributed by atoms with E-state index in [1.807, 2.05) is 6.92 Å². The third-order valence-corrected chi connectivity index (χ3v) is 0.947. The lowest BCUT2D eigenvalue weighted by molar-refractivity contribution is 0.523. The maximum Gasteiger partial charge on any atom is 0.0692 e. The number of nitrogens with two attached hydrogens (primary N) is 1. The quantitative estimate of drug-likeness (QED) is 0.588. The molecular formula is C5H10N4. The number of hydrogen-bond acceptors (Lipinski definition) is 3. The minimum absolute atomic E-state index is 0.145. The molecule has 4 heteroatoms. The first kappa shape index (κ1) is 6.22. The summed E-state index contributed by atoms with van der Waals surface area (Å²) in [5.41, 5.74) is 5.50. The van der Waals surface area contributed by atoms with Gasteiger partial charge in [-0.3, -0.25) is 4.68 Å². The highest BCUT2D eigenvalue weighted by Crippen LogP contribution is 1.83. The topological polar surface area (TPSA) is 56.7 Å². The van der Waals surface area contributed by atoms with E-state index in [2.05, 4.69) is 10.3 Å². The summed E-state index contributed by atoms with van der Waals surface area (Å²) in [5, 5.41) is 7.38. The molecule has 2 N–H and O–H groups in total. The van der Waals surface area contributed by atoms with Crippen LogP contribution < -0.4 is 5.73 Å². The van der Waals surface area contributed by atoms with E-state index in [1.54, 1.807) is 17.1 Å². The van der Waals surface area contributed by atoms with Gasteiger partial charge < -0.3 is 5.73 Å². The summed E-state index contributed by atoms with van der Waals surface area (Å²) in [6, 6.07) is 0.145. The van der Waals surface area contributed by atoms with Gasteiger partial charge in [-0.1, -0.05) is 5.21 Å². The first-order chi connectivity index (χ1) is 4.29. The van der Waals surface area contributed by atoms with Crippen LogP contribution in [0.15, 0.2) is 12.4 Å². The van der Waals surface area contributed by atoms with Gasteiger partial charge in [0.05, 0.1) is 12.7 Å². The number of nitrogens with zero attached hydrogens (tertiary/aromatic N) is 3. The predicted molar refractivity (Wildman–Crippen MR) is 33.7 cm³/mol. The molecule has 1 atom stereocenters. The molecule has 0 spiro atoms. The van der Waals surface area contributed by atoms with Crippen molar-refractivity contribution < 1.29 is 0 Å². The molecule has 0 bridgehead atoms. The molecule has 1 heterocycles. The second-order valence-corrected chi connectivity index (χ2v) is 2.10. The molecular weight excluding hydrogens is 116 g/mol. The van der Waals surface area contributed by atoms with Crippen LogP contribution in [-0.4, -0.2) is 21.0 Å². The van der Waals surface area contributed by atoms with E-state index in [0.29, 0.717) is 0 Å². The van der Waals surface area contributed by atoms with E-state index in [-0.39, 0.29) is 6.04 Å². The van der Waals surface area contributed by atoms with E-state index < -0.39 is 0 Å². The van der Waals surface area contributed by atoms with Gasteiger partial charge in [-0.05, 0) is 6.92 Å². The molecule has 0 aliphatic rings. The Morgan fingerprint density at radius 2 is 2.56 bits per heavy atom. The van der Waals surface area contributed by atoms with Crippen LogP contribution in [0.1, 0.15) is 6.92 Å². The molecule has 9 heavy (non-hydrogen) atoms. The van der Waals surface area contributed by atoms with Gasteiger partial charge in [0.15, 0.2) is 0 Å². The van der Waals surface area contributed by atoms with E-state index in [1.165, 1.54) is 0 Å². The Labute approximate surface area is 53.7 Å². The minimum atomic E-state index is 0.145. The SMILES string of the molecule is CC(N)Cn1ccnn1. The first-order valence-corrected chi connectivity index (χ1v) is 2.88. The van der Waals surface area contributed by atoms with Gasteiger partial charge in [-0.15, -0.1) is 5.10 Å². The molecule has 1 unspecified atom stereocenters. The monoisotopic (exact) mass is 126 g/mol. The maximum atomic E-state index is 5.50. The van der Waals surface area contributed by atoms with Crippen LogP contribution >= 0.6 is 0 Å². The molecule has 0 amide bonds. The highest BCUT2D eigenvalue weighted by molar-refractivity contribution is 4.65. The van der Waals surface area contributed by atoms with Crippen molar-refractivity contribution in [2.45, 2.75) is 19.5 Å². The van der Waals surface area contributed by atoms with Gasteiger partial charge in [0.2, 0.25) is 0 Å². The fourth-order valence-electron chi connectivity index (χ4n) is 0.625. The lowest BCUT2D eigenvalue weighted by Gasteiger charge is -2.01. The molecule has 50 valence electrons. The standard InChI is InChI=1S/C5H10N4/c1-5(6)4-9-3-2-7-8-9/h2-3,5H,4,6H2,1H3. The minimum Gasteiger partial charge on any atom is -0.326 e. The van der Waals surface area contributed by atoms with E-state index in [0.717, 1.165) is 6.54 Å². The lowest BCUT2D eigenvalue weighted by Crippen LogP contribution is -2.22. The Morgan fingerprint density at radius 3 is 3.00 bits per heavy atom. The summed E-state index contributed by atoms with van der Waals surface area (Å²) in [7, 11) is 0. The summed E-state index contributed by atoms with van der Waals surface area (Å²) < 4.78 is 1.71. The van der Waals surface area contributed by atoms with E-state index in [4.69, 9.17) is 5.73 Å². The Balaban J connectivity index is 2.48. The van der Waals surface area contributed by atoms with Crippen LogP contribution in [0.4, 0.5) is 0 Å². The molecule has 0 aromatic carbocycles. The summed E-state index contributed by atoms with van der Waals surface area (Å²) in [4.78, 5) is 0. The molecule has 1 aromatic heterocycles. The van der Waals surface area contributed by atoms with Crippen molar-refractivity contribution in [1.29, 1.82) is 0 Å². The molecule has 1 aromatic rings. The van der Waals surface area contributed by atoms with Crippen molar-refractivity contribution in [2.24, 2.45) is 5.73 Å². The van der Waals surface area contributed by atoms with Crippen LogP contribution in [0.2, 0.25) is 0 Å². The van der Waals surface area contributed by atoms with Crippen molar-refractivity contribution in [2.75, 3.05) is 0 Å². The first-order valence-electron chi connectivity index (χ1n) is 2.88. The molecule has 0 aliphatic heterocycles. The highest BCUT2D eigenvalue weighted by Gasteiger charge is 1.94. The lowest BCUT2D eigenvalue weighted by atomic mass is 10.4. The second-order valence-electron chi connectivity index (χ2n) is 2.10. The van der Waals surface area contributed by atoms with Crippen molar-refractivity contribution in [3.05, 3.63) is 12.4 Å². The fraction of sp³-hybridized carbons (Fsp3) is 0.600. The Morgan fingerprint density at radius 1 is 1.78 bits per heavy atom. The number of hydrogen-bond donors (Lipinski definition) is 1. The van der Waals surface area contributed by atoms with Gasteiger partial charge in [0.25, 0.3) is 0 Å². The van der Waals surface area contributed by atoms with Gasteiger partial charge in [0.1, 0.15) is 0 Å². The Hall–Kier alpha value is -0.900. The average molecular weight is 126 g/mol. The van der Waals surface area contributed by atoms with Crippen molar-refractivity contribution in [3.63, 3.8) is 0 Å². The molecule has 0 saturated carbocycles. The van der Waals surface area contributed by atoms with E-state index in [9.17, 15) is 0 Å². The van der Waals surface area contributed by atoms with E-state index >= 15 is 0 Å². The normalized spacial score (nSPS) is 13.6. The summed E-state index contributed by atoms with van der Waals surface area (Å²) >= 11 is 0. The number of aromatic nitrogens is 3. The molecule has 1 rings (SSSR count). The zero-order chi connectivity index (χ0) is 6.69. The predicted octanol–water partition coefficient (Wildman–Crippen LogP) is -0.375. The maximum absolute atomic E-state index is 5.50. The summed E-state index contributed by atoms with van der Waals surface area (Å²) in [6.07, 6.45) is 3.44. The molecule has 0 aliphatic carbocycles. The van der Waals surface area contributed by atoms with Crippen LogP contribution in [0.25, 0.3) is 0 Å². The van der Waals surface area contributed by atoms with Crippen LogP contribution in [0.3, 0.4) is 0 Å². The largest absolute Gasteiger partial charge is 0.326 e. The van der Waals surface area contributed by atoms with Crippen LogP contribution in [-0.2, 0) is 6.54 Å². The number of rotatable bonds is 2. The molecule has 0 radical (unpaired) electrons. The average Bonchev–Trinajstić information content (AvgIpc) is 2.15. The summed E-state index contributed by atoms with van der Waals surface area (Å²) in [6.45, 7) is 2.67. The second kappa shape index (κ2) is 2.59. The highest BCUT2D eigenvalue weighted by atomic mass is 15.4. The van der Waals surface area contributed by atoms with Gasteiger partial charge in [0, 0.05) is 12.2 Å². The molecule has 0 fully saturated rings.